The van der Waals surface area contributed by atoms with Crippen LogP contribution in [-0.2, 0) is 16.0 Å². The summed E-state index contributed by atoms with van der Waals surface area (Å²) < 4.78 is 11.7. The van der Waals surface area contributed by atoms with Crippen LogP contribution in [0, 0.1) is 0 Å². The van der Waals surface area contributed by atoms with Crippen LogP contribution in [0.2, 0.25) is 0 Å². The zero-order valence-corrected chi connectivity index (χ0v) is 23.0. The van der Waals surface area contributed by atoms with Crippen molar-refractivity contribution in [2.75, 3.05) is 32.8 Å². The first-order valence-electron chi connectivity index (χ1n) is 13.9. The van der Waals surface area contributed by atoms with E-state index in [0.29, 0.717) is 24.5 Å². The van der Waals surface area contributed by atoms with Crippen molar-refractivity contribution in [1.29, 1.82) is 0 Å². The summed E-state index contributed by atoms with van der Waals surface area (Å²) in [5, 5.41) is 11.5. The van der Waals surface area contributed by atoms with Crippen molar-refractivity contribution in [1.82, 2.24) is 9.80 Å². The fraction of sp³-hybridized carbons (Fsp3) is 0.484. The van der Waals surface area contributed by atoms with Gasteiger partial charge in [0.2, 0.25) is 0 Å². The minimum atomic E-state index is -0.690. The Morgan fingerprint density at radius 3 is 2.63 bits per heavy atom. The van der Waals surface area contributed by atoms with E-state index in [4.69, 9.17) is 9.47 Å². The fourth-order valence-corrected chi connectivity index (χ4v) is 5.30. The molecule has 4 rings (SSSR count). The Morgan fingerprint density at radius 1 is 1.11 bits per heavy atom. The Kier molecular flexibility index (Phi) is 9.10. The first-order valence-corrected chi connectivity index (χ1v) is 13.9. The first-order chi connectivity index (χ1) is 18.4. The number of nitrogens with zero attached hydrogens (tertiary/aromatic N) is 2. The molecular formula is C31H40N2O5. The van der Waals surface area contributed by atoms with Crippen LogP contribution in [-0.4, -0.2) is 65.5 Å². The van der Waals surface area contributed by atoms with Gasteiger partial charge < -0.3 is 24.4 Å². The zero-order chi connectivity index (χ0) is 27.2. The van der Waals surface area contributed by atoms with Gasteiger partial charge in [-0.05, 0) is 80.9 Å². The number of amides is 1. The molecule has 0 spiro atoms. The maximum atomic E-state index is 13.4. The monoisotopic (exact) mass is 520 g/mol. The third-order valence-electron chi connectivity index (χ3n) is 7.42. The van der Waals surface area contributed by atoms with Crippen LogP contribution in [0.3, 0.4) is 0 Å². The molecule has 2 atom stereocenters. The van der Waals surface area contributed by atoms with Crippen LogP contribution >= 0.6 is 0 Å². The van der Waals surface area contributed by atoms with Crippen molar-refractivity contribution < 1.29 is 24.2 Å². The molecular weight excluding hydrogens is 480 g/mol. The molecule has 38 heavy (non-hydrogen) atoms. The second kappa shape index (κ2) is 12.5. The molecule has 1 amide bonds. The molecule has 204 valence electrons. The summed E-state index contributed by atoms with van der Waals surface area (Å²) in [6.07, 6.45) is 3.49. The highest BCUT2D eigenvalue weighted by molar-refractivity contribution is 6.46. The molecule has 2 heterocycles. The summed E-state index contributed by atoms with van der Waals surface area (Å²) >= 11 is 0. The van der Waals surface area contributed by atoms with Crippen LogP contribution < -0.4 is 9.47 Å². The summed E-state index contributed by atoms with van der Waals surface area (Å²) in [6.45, 7) is 12.0. The predicted octanol–water partition coefficient (Wildman–Crippen LogP) is 5.34. The quantitative estimate of drug-likeness (QED) is 0.176. The number of carbonyl (C=O) groups is 2. The number of likely N-dealkylation sites (tertiary alicyclic amines) is 1. The molecule has 2 unspecified atom stereocenters. The molecule has 0 radical (unpaired) electrons. The number of fused-ring (bicyclic) bond motifs is 1. The number of ketones is 1. The van der Waals surface area contributed by atoms with Gasteiger partial charge in [0.05, 0.1) is 18.2 Å². The van der Waals surface area contributed by atoms with Gasteiger partial charge in [-0.1, -0.05) is 39.3 Å². The van der Waals surface area contributed by atoms with Crippen LogP contribution in [0.15, 0.2) is 48.0 Å². The van der Waals surface area contributed by atoms with E-state index in [1.54, 1.807) is 11.0 Å². The van der Waals surface area contributed by atoms with Crippen LogP contribution in [0.5, 0.6) is 11.5 Å². The second-order valence-electron chi connectivity index (χ2n) is 10.1. The van der Waals surface area contributed by atoms with Gasteiger partial charge in [-0.25, -0.2) is 0 Å². The highest BCUT2D eigenvalue weighted by Crippen LogP contribution is 2.41. The van der Waals surface area contributed by atoms with Crippen molar-refractivity contribution in [2.45, 2.75) is 65.5 Å². The van der Waals surface area contributed by atoms with Crippen molar-refractivity contribution >= 4 is 17.4 Å². The normalized spacial score (nSPS) is 20.2. The highest BCUT2D eigenvalue weighted by Gasteiger charge is 2.46. The smallest absolute Gasteiger partial charge is 0.295 e. The van der Waals surface area contributed by atoms with Crippen LogP contribution in [0.1, 0.15) is 69.7 Å². The molecule has 7 heteroatoms. The summed E-state index contributed by atoms with van der Waals surface area (Å²) in [5.74, 6) is 0.0938. The average Bonchev–Trinajstić information content (AvgIpc) is 3.42. The fourth-order valence-electron chi connectivity index (χ4n) is 5.30. The molecule has 7 nitrogen and oxygen atoms in total. The molecule has 2 aliphatic heterocycles. The summed E-state index contributed by atoms with van der Waals surface area (Å²) in [7, 11) is 0. The van der Waals surface area contributed by atoms with Gasteiger partial charge >= 0.3 is 0 Å². The number of aliphatic hydroxyl groups is 1. The van der Waals surface area contributed by atoms with E-state index < -0.39 is 17.7 Å². The number of hydrogen-bond acceptors (Lipinski definition) is 6. The van der Waals surface area contributed by atoms with Gasteiger partial charge in [0, 0.05) is 18.5 Å². The summed E-state index contributed by atoms with van der Waals surface area (Å²) in [6, 6.07) is 12.3. The third kappa shape index (κ3) is 5.88. The lowest BCUT2D eigenvalue weighted by Crippen LogP contribution is -2.33. The molecule has 0 saturated carbocycles. The number of ether oxygens (including phenoxy) is 2. The number of hydrogen-bond donors (Lipinski definition) is 1. The largest absolute Gasteiger partial charge is 0.507 e. The van der Waals surface area contributed by atoms with Gasteiger partial charge in [-0.3, -0.25) is 9.59 Å². The molecule has 2 aromatic rings. The predicted molar refractivity (Wildman–Crippen MR) is 148 cm³/mol. The molecule has 1 saturated heterocycles. The molecule has 2 aromatic carbocycles. The summed E-state index contributed by atoms with van der Waals surface area (Å²) in [5.41, 5.74) is 2.37. The molecule has 0 aromatic heterocycles. The van der Waals surface area contributed by atoms with Crippen molar-refractivity contribution in [3.8, 4) is 11.5 Å². The lowest BCUT2D eigenvalue weighted by molar-refractivity contribution is -0.140. The lowest BCUT2D eigenvalue weighted by atomic mass is 9.94. The van der Waals surface area contributed by atoms with Crippen LogP contribution in [0.25, 0.3) is 5.76 Å². The van der Waals surface area contributed by atoms with E-state index in [1.165, 1.54) is 0 Å². The van der Waals surface area contributed by atoms with E-state index in [2.05, 4.69) is 25.7 Å². The van der Waals surface area contributed by atoms with E-state index in [-0.39, 0.29) is 17.4 Å². The Morgan fingerprint density at radius 2 is 1.89 bits per heavy atom. The van der Waals surface area contributed by atoms with E-state index >= 15 is 0 Å². The van der Waals surface area contributed by atoms with E-state index in [0.717, 1.165) is 62.2 Å². The standard InChI is InChI=1S/C31H40N2O5/c1-5-8-17-37-25-12-9-11-22(20-25)28-27(29(34)23-13-14-26-24(19-23)18-21(4)38-26)30(35)31(36)33(28)16-10-15-32(6-2)7-3/h9,11-14,19-21,28,34H,5-8,10,15-18H2,1-4H3/b29-27+. The Balaban J connectivity index is 1.72. The molecule has 0 aliphatic carbocycles. The van der Waals surface area contributed by atoms with Gasteiger partial charge in [0.25, 0.3) is 11.7 Å². The first kappa shape index (κ1) is 27.7. The number of unbranched alkanes of at least 4 members (excludes halogenated alkanes) is 1. The Hall–Kier alpha value is -3.32. The average molecular weight is 521 g/mol. The van der Waals surface area contributed by atoms with Gasteiger partial charge in [0.1, 0.15) is 23.4 Å². The van der Waals surface area contributed by atoms with Crippen LogP contribution in [0.4, 0.5) is 0 Å². The Bertz CT molecular complexity index is 1190. The molecule has 1 fully saturated rings. The lowest BCUT2D eigenvalue weighted by Gasteiger charge is -2.27. The number of rotatable bonds is 12. The molecule has 1 N–H and O–H groups in total. The summed E-state index contributed by atoms with van der Waals surface area (Å²) in [4.78, 5) is 30.7. The van der Waals surface area contributed by atoms with E-state index in [1.807, 2.05) is 43.3 Å². The van der Waals surface area contributed by atoms with Crippen molar-refractivity contribution in [3.05, 3.63) is 64.7 Å². The number of Topliss-reactive ketones (excluding diaryl/α,β-unsaturated/α-hetero) is 1. The van der Waals surface area contributed by atoms with Crippen molar-refractivity contribution in [3.63, 3.8) is 0 Å². The highest BCUT2D eigenvalue weighted by atomic mass is 16.5. The second-order valence-corrected chi connectivity index (χ2v) is 10.1. The Labute approximate surface area is 226 Å². The SMILES string of the molecule is CCCCOc1cccc(C2/C(=C(\O)c3ccc4c(c3)CC(C)O4)C(=O)C(=O)N2CCCN(CC)CC)c1. The maximum Gasteiger partial charge on any atom is 0.295 e. The van der Waals surface area contributed by atoms with E-state index in [9.17, 15) is 14.7 Å². The third-order valence-corrected chi connectivity index (χ3v) is 7.42. The molecule has 0 bridgehead atoms. The number of carbonyl (C=O) groups excluding carboxylic acids is 2. The maximum absolute atomic E-state index is 13.4. The molecule has 2 aliphatic rings. The van der Waals surface area contributed by atoms with Crippen molar-refractivity contribution in [2.24, 2.45) is 0 Å². The minimum Gasteiger partial charge on any atom is -0.507 e. The van der Waals surface area contributed by atoms with Gasteiger partial charge in [-0.2, -0.15) is 0 Å². The number of benzene rings is 2. The van der Waals surface area contributed by atoms with Gasteiger partial charge in [-0.15, -0.1) is 0 Å². The minimum absolute atomic E-state index is 0.0641. The topological polar surface area (TPSA) is 79.3 Å². The zero-order valence-electron chi connectivity index (χ0n) is 23.0. The number of aliphatic hydroxyl groups excluding tert-OH is 1. The van der Waals surface area contributed by atoms with Gasteiger partial charge in [0.15, 0.2) is 0 Å².